The highest BCUT2D eigenvalue weighted by Crippen LogP contribution is 2.36. The third-order valence-electron chi connectivity index (χ3n) is 3.56. The fourth-order valence-corrected chi connectivity index (χ4v) is 2.94. The molecule has 1 saturated heterocycles. The van der Waals surface area contributed by atoms with Crippen molar-refractivity contribution >= 4 is 24.2 Å². The lowest BCUT2D eigenvalue weighted by molar-refractivity contribution is -0.118. The molecule has 0 amide bonds. The largest absolute Gasteiger partial charge is 0.390 e. The second-order valence-corrected chi connectivity index (χ2v) is 5.76. The Morgan fingerprint density at radius 2 is 1.86 bits per heavy atom. The van der Waals surface area contributed by atoms with Gasteiger partial charge in [-0.2, -0.15) is 0 Å². The van der Waals surface area contributed by atoms with Crippen molar-refractivity contribution in [2.45, 2.75) is 16.9 Å². The standard InChI is InChI=1S/C14H20F2N2OS.ClH/c1-20-12-4-2-11(3-5-12)13(14(15,16)10-19)18-8-6-17-7-9-18;/h2-5,13,17,19H,6-10H2,1H3;1H/t13-;/m1./s1. The van der Waals surface area contributed by atoms with E-state index in [2.05, 4.69) is 5.32 Å². The first-order chi connectivity index (χ1) is 9.58. The van der Waals surface area contributed by atoms with E-state index in [1.54, 1.807) is 28.8 Å². The van der Waals surface area contributed by atoms with Crippen molar-refractivity contribution in [1.82, 2.24) is 10.2 Å². The van der Waals surface area contributed by atoms with Gasteiger partial charge in [0.05, 0.1) is 0 Å². The zero-order valence-corrected chi connectivity index (χ0v) is 13.5. The average Bonchev–Trinajstić information content (AvgIpc) is 2.49. The van der Waals surface area contributed by atoms with Crippen molar-refractivity contribution in [2.24, 2.45) is 0 Å². The summed E-state index contributed by atoms with van der Waals surface area (Å²) < 4.78 is 28.3. The minimum atomic E-state index is -3.14. The molecule has 1 aliphatic heterocycles. The van der Waals surface area contributed by atoms with E-state index < -0.39 is 18.6 Å². The number of nitrogens with one attached hydrogen (secondary N) is 1. The molecule has 1 fully saturated rings. The lowest BCUT2D eigenvalue weighted by Gasteiger charge is -2.38. The fourth-order valence-electron chi connectivity index (χ4n) is 2.53. The number of hydrogen-bond donors (Lipinski definition) is 2. The number of aliphatic hydroxyl groups excluding tert-OH is 1. The monoisotopic (exact) mass is 338 g/mol. The molecule has 1 aromatic rings. The second kappa shape index (κ2) is 8.29. The molecule has 120 valence electrons. The molecule has 1 aromatic carbocycles. The van der Waals surface area contributed by atoms with Crippen LogP contribution in [-0.2, 0) is 0 Å². The summed E-state index contributed by atoms with van der Waals surface area (Å²) in [6.45, 7) is 1.38. The highest BCUT2D eigenvalue weighted by molar-refractivity contribution is 7.98. The van der Waals surface area contributed by atoms with Gasteiger partial charge in [-0.05, 0) is 24.0 Å². The summed E-state index contributed by atoms with van der Waals surface area (Å²) >= 11 is 1.58. The van der Waals surface area contributed by atoms with Crippen LogP contribution in [0.3, 0.4) is 0 Å². The Morgan fingerprint density at radius 3 is 2.33 bits per heavy atom. The predicted octanol–water partition coefficient (Wildman–Crippen LogP) is 2.40. The van der Waals surface area contributed by atoms with E-state index in [1.165, 1.54) is 0 Å². The molecule has 21 heavy (non-hydrogen) atoms. The third-order valence-corrected chi connectivity index (χ3v) is 4.30. The number of alkyl halides is 2. The Kier molecular flexibility index (Phi) is 7.36. The molecule has 0 unspecified atom stereocenters. The number of rotatable bonds is 5. The summed E-state index contributed by atoms with van der Waals surface area (Å²) in [6, 6.07) is 6.11. The van der Waals surface area contributed by atoms with Gasteiger partial charge in [-0.25, -0.2) is 8.78 Å². The highest BCUT2D eigenvalue weighted by atomic mass is 35.5. The summed E-state index contributed by atoms with van der Waals surface area (Å²) in [7, 11) is 0. The van der Waals surface area contributed by atoms with Crippen molar-refractivity contribution in [3.05, 3.63) is 29.8 Å². The van der Waals surface area contributed by atoms with Crippen molar-refractivity contribution in [2.75, 3.05) is 39.0 Å². The Balaban J connectivity index is 0.00000220. The Hall–Kier alpha value is -0.400. The number of aliphatic hydroxyl groups is 1. The van der Waals surface area contributed by atoms with Crippen LogP contribution in [0.4, 0.5) is 8.78 Å². The molecule has 0 radical (unpaired) electrons. The average molecular weight is 339 g/mol. The highest BCUT2D eigenvalue weighted by Gasteiger charge is 2.43. The van der Waals surface area contributed by atoms with Crippen LogP contribution in [0.25, 0.3) is 0 Å². The zero-order valence-electron chi connectivity index (χ0n) is 11.9. The molecule has 7 heteroatoms. The molecule has 1 aliphatic rings. The van der Waals surface area contributed by atoms with Gasteiger partial charge in [-0.3, -0.25) is 4.90 Å². The first-order valence-corrected chi connectivity index (χ1v) is 7.88. The van der Waals surface area contributed by atoms with Gasteiger partial charge in [0, 0.05) is 31.1 Å². The van der Waals surface area contributed by atoms with E-state index >= 15 is 0 Å². The van der Waals surface area contributed by atoms with Gasteiger partial charge in [0.2, 0.25) is 0 Å². The van der Waals surface area contributed by atoms with Crippen LogP contribution in [0.5, 0.6) is 0 Å². The molecule has 2 N–H and O–H groups in total. The molecular formula is C14H21ClF2N2OS. The molecule has 0 aromatic heterocycles. The Labute approximate surface area is 134 Å². The van der Waals surface area contributed by atoms with Gasteiger partial charge < -0.3 is 10.4 Å². The molecule has 2 rings (SSSR count). The maximum absolute atomic E-state index is 14.2. The second-order valence-electron chi connectivity index (χ2n) is 4.88. The van der Waals surface area contributed by atoms with E-state index in [9.17, 15) is 8.78 Å². The molecule has 1 atom stereocenters. The van der Waals surface area contributed by atoms with Gasteiger partial charge >= 0.3 is 0 Å². The van der Waals surface area contributed by atoms with E-state index in [4.69, 9.17) is 5.11 Å². The van der Waals surface area contributed by atoms with Crippen molar-refractivity contribution in [3.63, 3.8) is 0 Å². The van der Waals surface area contributed by atoms with Gasteiger partial charge in [-0.1, -0.05) is 12.1 Å². The summed E-state index contributed by atoms with van der Waals surface area (Å²) in [4.78, 5) is 2.79. The number of benzene rings is 1. The lowest BCUT2D eigenvalue weighted by atomic mass is 9.98. The number of halogens is 3. The number of hydrogen-bond acceptors (Lipinski definition) is 4. The fraction of sp³-hybridized carbons (Fsp3) is 0.571. The SMILES string of the molecule is CSc1ccc([C@@H](N2CCNCC2)C(F)(F)CO)cc1.Cl. The van der Waals surface area contributed by atoms with E-state index in [0.717, 1.165) is 4.90 Å². The molecule has 0 spiro atoms. The van der Waals surface area contributed by atoms with Crippen molar-refractivity contribution in [3.8, 4) is 0 Å². The minimum absolute atomic E-state index is 0. The van der Waals surface area contributed by atoms with Gasteiger partial charge in [0.1, 0.15) is 12.6 Å². The van der Waals surface area contributed by atoms with Crippen LogP contribution in [0.15, 0.2) is 29.2 Å². The molecule has 0 aliphatic carbocycles. The zero-order chi connectivity index (χ0) is 14.6. The number of piperazine rings is 1. The van der Waals surface area contributed by atoms with Gasteiger partial charge in [-0.15, -0.1) is 24.2 Å². The topological polar surface area (TPSA) is 35.5 Å². The Morgan fingerprint density at radius 1 is 1.29 bits per heavy atom. The van der Waals surface area contributed by atoms with Crippen LogP contribution in [0.1, 0.15) is 11.6 Å². The van der Waals surface area contributed by atoms with E-state index in [0.29, 0.717) is 31.7 Å². The quantitative estimate of drug-likeness (QED) is 0.808. The number of nitrogens with zero attached hydrogens (tertiary/aromatic N) is 1. The van der Waals surface area contributed by atoms with Crippen LogP contribution >= 0.6 is 24.2 Å². The van der Waals surface area contributed by atoms with Crippen LogP contribution < -0.4 is 5.32 Å². The van der Waals surface area contributed by atoms with Crippen LogP contribution in [-0.4, -0.2) is 55.0 Å². The summed E-state index contributed by atoms with van der Waals surface area (Å²) in [5.74, 6) is -3.14. The number of thioether (sulfide) groups is 1. The van der Waals surface area contributed by atoms with Crippen LogP contribution in [0, 0.1) is 0 Å². The van der Waals surface area contributed by atoms with Gasteiger partial charge in [0.25, 0.3) is 5.92 Å². The summed E-state index contributed by atoms with van der Waals surface area (Å²) in [5.41, 5.74) is 0.559. The maximum Gasteiger partial charge on any atom is 0.289 e. The first-order valence-electron chi connectivity index (χ1n) is 6.66. The summed E-state index contributed by atoms with van der Waals surface area (Å²) in [6.07, 6.45) is 1.95. The Bertz CT molecular complexity index is 427. The summed E-state index contributed by atoms with van der Waals surface area (Å²) in [5, 5.41) is 12.2. The van der Waals surface area contributed by atoms with E-state index in [1.807, 2.05) is 18.4 Å². The van der Waals surface area contributed by atoms with Crippen molar-refractivity contribution < 1.29 is 13.9 Å². The maximum atomic E-state index is 14.2. The predicted molar refractivity (Wildman–Crippen MR) is 84.7 cm³/mol. The smallest absolute Gasteiger partial charge is 0.289 e. The van der Waals surface area contributed by atoms with Crippen molar-refractivity contribution in [1.29, 1.82) is 0 Å². The molecule has 0 saturated carbocycles. The molecular weight excluding hydrogens is 318 g/mol. The molecule has 0 bridgehead atoms. The van der Waals surface area contributed by atoms with E-state index in [-0.39, 0.29) is 12.4 Å². The normalized spacial score (nSPS) is 18.1. The molecule has 3 nitrogen and oxygen atoms in total. The van der Waals surface area contributed by atoms with Gasteiger partial charge in [0.15, 0.2) is 0 Å². The minimum Gasteiger partial charge on any atom is -0.390 e. The van der Waals surface area contributed by atoms with Crippen LogP contribution in [0.2, 0.25) is 0 Å². The first kappa shape index (κ1) is 18.6. The lowest BCUT2D eigenvalue weighted by Crippen LogP contribution is -2.51. The molecule has 1 heterocycles. The third kappa shape index (κ3) is 4.53.